The number of rotatable bonds is 3. The first-order chi connectivity index (χ1) is 12.1. The number of aromatic amines is 1. The maximum absolute atomic E-state index is 4.62. The van der Waals surface area contributed by atoms with E-state index in [2.05, 4.69) is 85.9 Å². The summed E-state index contributed by atoms with van der Waals surface area (Å²) in [6.07, 6.45) is 0. The minimum Gasteiger partial charge on any atom is -0.319 e. The number of aryl methyl sites for hydroxylation is 2. The van der Waals surface area contributed by atoms with E-state index in [1.165, 1.54) is 11.4 Å². The third-order valence-electron chi connectivity index (χ3n) is 4.26. The summed E-state index contributed by atoms with van der Waals surface area (Å²) in [6.45, 7) is 4.22. The first-order valence-electron chi connectivity index (χ1n) is 8.06. The molecule has 4 nitrogen and oxygen atoms in total. The van der Waals surface area contributed by atoms with E-state index in [1.807, 2.05) is 24.3 Å². The Morgan fingerprint density at radius 3 is 2.04 bits per heavy atom. The summed E-state index contributed by atoms with van der Waals surface area (Å²) in [4.78, 5) is 4.62. The van der Waals surface area contributed by atoms with E-state index < -0.39 is 0 Å². The molecule has 0 atom stereocenters. The molecule has 4 aromatic rings. The molecule has 0 fully saturated rings. The molecule has 0 saturated heterocycles. The maximum Gasteiger partial charge on any atom is 0.181 e. The van der Waals surface area contributed by atoms with Gasteiger partial charge >= 0.3 is 0 Å². The highest BCUT2D eigenvalue weighted by Gasteiger charge is 2.09. The largest absolute Gasteiger partial charge is 0.319 e. The Morgan fingerprint density at radius 1 is 0.800 bits per heavy atom. The molecule has 0 bridgehead atoms. The van der Waals surface area contributed by atoms with Gasteiger partial charge in [0.2, 0.25) is 0 Å². The molecule has 2 heterocycles. The predicted octanol–water partition coefficient (Wildman–Crippen LogP) is 5.31. The van der Waals surface area contributed by atoms with Crippen molar-refractivity contribution in [2.45, 2.75) is 13.8 Å². The van der Waals surface area contributed by atoms with Crippen LogP contribution in [-0.4, -0.2) is 19.7 Å². The van der Waals surface area contributed by atoms with Gasteiger partial charge in [0.05, 0.1) is 0 Å². The van der Waals surface area contributed by atoms with Crippen LogP contribution in [0.5, 0.6) is 0 Å². The summed E-state index contributed by atoms with van der Waals surface area (Å²) in [5.41, 5.74) is 5.59. The lowest BCUT2D eigenvalue weighted by Gasteiger charge is -2.09. The minimum absolute atomic E-state index is 0.699. The number of hydrogen-bond acceptors (Lipinski definition) is 2. The molecule has 124 valence electrons. The Morgan fingerprint density at radius 2 is 1.40 bits per heavy atom. The second-order valence-electron chi connectivity index (χ2n) is 6.01. The third kappa shape index (κ3) is 3.03. The van der Waals surface area contributed by atoms with Crippen LogP contribution in [0, 0.1) is 13.8 Å². The SMILES string of the molecule is Cc1ccc(C)n1-c1ccc(-c2n[nH]c(-c3ccc(Br)cc3)n2)cc1. The van der Waals surface area contributed by atoms with Crippen LogP contribution in [-0.2, 0) is 0 Å². The fourth-order valence-electron chi connectivity index (χ4n) is 2.96. The van der Waals surface area contributed by atoms with Gasteiger partial charge in [0, 0.05) is 32.7 Å². The topological polar surface area (TPSA) is 46.5 Å². The van der Waals surface area contributed by atoms with E-state index in [4.69, 9.17) is 0 Å². The average Bonchev–Trinajstić information content (AvgIpc) is 3.23. The van der Waals surface area contributed by atoms with Crippen molar-refractivity contribution >= 4 is 15.9 Å². The summed E-state index contributed by atoms with van der Waals surface area (Å²) >= 11 is 3.44. The van der Waals surface area contributed by atoms with Crippen LogP contribution in [0.2, 0.25) is 0 Å². The fraction of sp³-hybridized carbons (Fsp3) is 0.100. The van der Waals surface area contributed by atoms with Gasteiger partial charge in [0.15, 0.2) is 11.6 Å². The van der Waals surface area contributed by atoms with Gasteiger partial charge in [-0.05, 0) is 62.4 Å². The maximum atomic E-state index is 4.62. The molecular formula is C20H17BrN4. The van der Waals surface area contributed by atoms with Gasteiger partial charge in [-0.3, -0.25) is 5.10 Å². The van der Waals surface area contributed by atoms with Gasteiger partial charge in [-0.25, -0.2) is 4.98 Å². The Labute approximate surface area is 154 Å². The van der Waals surface area contributed by atoms with Crippen LogP contribution in [0.25, 0.3) is 28.5 Å². The van der Waals surface area contributed by atoms with Crippen molar-refractivity contribution in [2.24, 2.45) is 0 Å². The zero-order valence-corrected chi connectivity index (χ0v) is 15.6. The summed E-state index contributed by atoms with van der Waals surface area (Å²) in [6, 6.07) is 20.6. The van der Waals surface area contributed by atoms with E-state index >= 15 is 0 Å². The average molecular weight is 393 g/mol. The smallest absolute Gasteiger partial charge is 0.181 e. The van der Waals surface area contributed by atoms with Crippen molar-refractivity contribution in [3.05, 3.63) is 76.5 Å². The highest BCUT2D eigenvalue weighted by molar-refractivity contribution is 9.10. The van der Waals surface area contributed by atoms with Gasteiger partial charge in [0.25, 0.3) is 0 Å². The highest BCUT2D eigenvalue weighted by Crippen LogP contribution is 2.23. The molecule has 2 aromatic heterocycles. The molecule has 0 saturated carbocycles. The van der Waals surface area contributed by atoms with Crippen LogP contribution < -0.4 is 0 Å². The van der Waals surface area contributed by atoms with Crippen molar-refractivity contribution in [3.8, 4) is 28.5 Å². The molecule has 25 heavy (non-hydrogen) atoms. The first kappa shape index (κ1) is 15.8. The first-order valence-corrected chi connectivity index (χ1v) is 8.85. The fourth-order valence-corrected chi connectivity index (χ4v) is 3.23. The molecule has 0 aliphatic rings. The van der Waals surface area contributed by atoms with E-state index in [-0.39, 0.29) is 0 Å². The Bertz CT molecular complexity index is 991. The molecule has 5 heteroatoms. The molecule has 0 spiro atoms. The molecule has 0 unspecified atom stereocenters. The molecule has 4 rings (SSSR count). The van der Waals surface area contributed by atoms with Gasteiger partial charge < -0.3 is 4.57 Å². The molecule has 0 aliphatic heterocycles. The van der Waals surface area contributed by atoms with Gasteiger partial charge in [-0.1, -0.05) is 28.1 Å². The summed E-state index contributed by atoms with van der Waals surface area (Å²) < 4.78 is 3.27. The van der Waals surface area contributed by atoms with Crippen LogP contribution in [0.3, 0.4) is 0 Å². The Hall–Kier alpha value is -2.66. The molecule has 0 aliphatic carbocycles. The van der Waals surface area contributed by atoms with E-state index in [9.17, 15) is 0 Å². The summed E-state index contributed by atoms with van der Waals surface area (Å²) in [5.74, 6) is 1.47. The zero-order valence-electron chi connectivity index (χ0n) is 14.0. The molecule has 1 N–H and O–H groups in total. The van der Waals surface area contributed by atoms with Crippen LogP contribution in [0.4, 0.5) is 0 Å². The molecule has 0 amide bonds. The van der Waals surface area contributed by atoms with Crippen molar-refractivity contribution in [3.63, 3.8) is 0 Å². The van der Waals surface area contributed by atoms with Crippen molar-refractivity contribution in [1.82, 2.24) is 19.7 Å². The van der Waals surface area contributed by atoms with Gasteiger partial charge in [-0.15, -0.1) is 0 Å². The number of nitrogens with one attached hydrogen (secondary N) is 1. The van der Waals surface area contributed by atoms with Crippen LogP contribution >= 0.6 is 15.9 Å². The quantitative estimate of drug-likeness (QED) is 0.513. The number of nitrogens with zero attached hydrogens (tertiary/aromatic N) is 3. The number of aromatic nitrogens is 4. The van der Waals surface area contributed by atoms with Crippen LogP contribution in [0.1, 0.15) is 11.4 Å². The van der Waals surface area contributed by atoms with Crippen molar-refractivity contribution in [2.75, 3.05) is 0 Å². The summed E-state index contributed by atoms with van der Waals surface area (Å²) in [7, 11) is 0. The minimum atomic E-state index is 0.699. The third-order valence-corrected chi connectivity index (χ3v) is 4.79. The van der Waals surface area contributed by atoms with Crippen LogP contribution in [0.15, 0.2) is 65.1 Å². The van der Waals surface area contributed by atoms with Gasteiger partial charge in [-0.2, -0.15) is 5.10 Å². The Kier molecular flexibility index (Phi) is 4.01. The lowest BCUT2D eigenvalue weighted by molar-refractivity contribution is 0.966. The highest BCUT2D eigenvalue weighted by atomic mass is 79.9. The lowest BCUT2D eigenvalue weighted by atomic mass is 10.2. The standard InChI is InChI=1S/C20H17BrN4/c1-13-3-4-14(2)25(13)18-11-7-16(8-12-18)20-22-19(23-24-20)15-5-9-17(21)10-6-15/h3-12H,1-2H3,(H,22,23,24). The Balaban J connectivity index is 1.64. The number of hydrogen-bond donors (Lipinski definition) is 1. The van der Waals surface area contributed by atoms with E-state index in [1.54, 1.807) is 0 Å². The van der Waals surface area contributed by atoms with Crippen molar-refractivity contribution < 1.29 is 0 Å². The van der Waals surface area contributed by atoms with E-state index in [0.29, 0.717) is 5.82 Å². The monoisotopic (exact) mass is 392 g/mol. The molecule has 2 aromatic carbocycles. The van der Waals surface area contributed by atoms with Crippen molar-refractivity contribution in [1.29, 1.82) is 0 Å². The number of H-pyrrole nitrogens is 1. The summed E-state index contributed by atoms with van der Waals surface area (Å²) in [5, 5.41) is 7.38. The normalized spacial score (nSPS) is 11.0. The van der Waals surface area contributed by atoms with Gasteiger partial charge in [0.1, 0.15) is 0 Å². The zero-order chi connectivity index (χ0) is 17.4. The lowest BCUT2D eigenvalue weighted by Crippen LogP contribution is -1.98. The molecular weight excluding hydrogens is 376 g/mol. The number of halogens is 1. The second-order valence-corrected chi connectivity index (χ2v) is 6.93. The number of benzene rings is 2. The van der Waals surface area contributed by atoms with E-state index in [0.717, 1.165) is 27.1 Å². The predicted molar refractivity (Wildman–Crippen MR) is 104 cm³/mol. The second kappa shape index (κ2) is 6.33. The molecule has 0 radical (unpaired) electrons.